The van der Waals surface area contributed by atoms with E-state index >= 15 is 0 Å². The fourth-order valence-corrected chi connectivity index (χ4v) is 2.09. The van der Waals surface area contributed by atoms with Crippen molar-refractivity contribution in [3.8, 4) is 0 Å². The fraction of sp³-hybridized carbons (Fsp3) is 0.417. The van der Waals surface area contributed by atoms with Crippen molar-refractivity contribution in [3.63, 3.8) is 0 Å². The zero-order valence-corrected chi connectivity index (χ0v) is 11.2. The van der Waals surface area contributed by atoms with Crippen molar-refractivity contribution in [2.24, 2.45) is 5.73 Å². The van der Waals surface area contributed by atoms with Crippen LogP contribution >= 0.6 is 23.2 Å². The quantitative estimate of drug-likeness (QED) is 0.879. The molecule has 1 aliphatic heterocycles. The zero-order valence-electron chi connectivity index (χ0n) is 9.71. The number of rotatable bonds is 2. The van der Waals surface area contributed by atoms with Gasteiger partial charge in [-0.15, -0.1) is 0 Å². The van der Waals surface area contributed by atoms with Gasteiger partial charge in [-0.25, -0.2) is 0 Å². The minimum atomic E-state index is -0.871. The van der Waals surface area contributed by atoms with Gasteiger partial charge < -0.3 is 15.8 Å². The monoisotopic (exact) mass is 288 g/mol. The standard InChI is InChI=1S/C12H14Cl2N2O2/c13-9-2-1-8(7-10(9)14)16-11(17)12(15)3-5-18-6-4-12/h1-2,7H,3-6,15H2,(H,16,17). The number of benzene rings is 1. The molecule has 0 bridgehead atoms. The van der Waals surface area contributed by atoms with Gasteiger partial charge in [0.1, 0.15) is 5.54 Å². The highest BCUT2D eigenvalue weighted by Gasteiger charge is 2.35. The Kier molecular flexibility index (Phi) is 4.12. The molecule has 1 aromatic rings. The first-order valence-corrected chi connectivity index (χ1v) is 6.40. The second-order valence-electron chi connectivity index (χ2n) is 4.35. The van der Waals surface area contributed by atoms with Crippen LogP contribution in [0.4, 0.5) is 5.69 Å². The Balaban J connectivity index is 2.08. The Morgan fingerprint density at radius 3 is 2.56 bits per heavy atom. The number of nitrogens with one attached hydrogen (secondary N) is 1. The fourth-order valence-electron chi connectivity index (χ4n) is 1.79. The van der Waals surface area contributed by atoms with Gasteiger partial charge in [0, 0.05) is 18.9 Å². The molecule has 4 nitrogen and oxygen atoms in total. The molecule has 1 aromatic carbocycles. The molecule has 0 spiro atoms. The molecule has 0 unspecified atom stereocenters. The van der Waals surface area contributed by atoms with Crippen molar-refractivity contribution < 1.29 is 9.53 Å². The summed E-state index contributed by atoms with van der Waals surface area (Å²) < 4.78 is 5.20. The largest absolute Gasteiger partial charge is 0.381 e. The SMILES string of the molecule is NC1(C(=O)Nc2ccc(Cl)c(Cl)c2)CCOCC1. The molecule has 18 heavy (non-hydrogen) atoms. The summed E-state index contributed by atoms with van der Waals surface area (Å²) in [6.45, 7) is 1.01. The molecule has 0 aliphatic carbocycles. The van der Waals surface area contributed by atoms with E-state index in [1.807, 2.05) is 0 Å². The number of hydrogen-bond donors (Lipinski definition) is 2. The first kappa shape index (κ1) is 13.6. The molecule has 2 rings (SSSR count). The molecule has 98 valence electrons. The van der Waals surface area contributed by atoms with Crippen molar-refractivity contribution in [1.29, 1.82) is 0 Å². The average molecular weight is 289 g/mol. The molecule has 1 heterocycles. The van der Waals surface area contributed by atoms with Crippen molar-refractivity contribution in [2.45, 2.75) is 18.4 Å². The van der Waals surface area contributed by atoms with Gasteiger partial charge in [0.05, 0.1) is 10.0 Å². The molecule has 1 saturated heterocycles. The minimum Gasteiger partial charge on any atom is -0.381 e. The maximum atomic E-state index is 12.1. The molecule has 3 N–H and O–H groups in total. The topological polar surface area (TPSA) is 64.4 Å². The van der Waals surface area contributed by atoms with Gasteiger partial charge in [0.25, 0.3) is 0 Å². The summed E-state index contributed by atoms with van der Waals surface area (Å²) in [6.07, 6.45) is 1.03. The van der Waals surface area contributed by atoms with Crippen LogP contribution in [0.25, 0.3) is 0 Å². The van der Waals surface area contributed by atoms with Crippen LogP contribution in [0.2, 0.25) is 10.0 Å². The van der Waals surface area contributed by atoms with Crippen molar-refractivity contribution in [2.75, 3.05) is 18.5 Å². The summed E-state index contributed by atoms with van der Waals surface area (Å²) in [4.78, 5) is 12.1. The van der Waals surface area contributed by atoms with E-state index in [0.29, 0.717) is 41.8 Å². The number of carbonyl (C=O) groups excluding carboxylic acids is 1. The maximum Gasteiger partial charge on any atom is 0.244 e. The molecule has 1 fully saturated rings. The van der Waals surface area contributed by atoms with Crippen molar-refractivity contribution in [1.82, 2.24) is 0 Å². The summed E-state index contributed by atoms with van der Waals surface area (Å²) in [5.74, 6) is -0.218. The second kappa shape index (κ2) is 5.45. The number of anilines is 1. The molecule has 0 radical (unpaired) electrons. The third kappa shape index (κ3) is 2.95. The third-order valence-electron chi connectivity index (χ3n) is 3.01. The van der Waals surface area contributed by atoms with E-state index in [4.69, 9.17) is 33.7 Å². The summed E-state index contributed by atoms with van der Waals surface area (Å²) >= 11 is 11.7. The maximum absolute atomic E-state index is 12.1. The van der Waals surface area contributed by atoms with E-state index in [0.717, 1.165) is 0 Å². The Morgan fingerprint density at radius 2 is 1.94 bits per heavy atom. The molecule has 0 aromatic heterocycles. The Morgan fingerprint density at radius 1 is 1.28 bits per heavy atom. The average Bonchev–Trinajstić information content (AvgIpc) is 2.35. The Bertz CT molecular complexity index is 459. The smallest absolute Gasteiger partial charge is 0.244 e. The highest BCUT2D eigenvalue weighted by atomic mass is 35.5. The van der Waals surface area contributed by atoms with Crippen LogP contribution in [0.1, 0.15) is 12.8 Å². The van der Waals surface area contributed by atoms with Crippen LogP contribution in [0.5, 0.6) is 0 Å². The number of carbonyl (C=O) groups is 1. The lowest BCUT2D eigenvalue weighted by Crippen LogP contribution is -2.54. The van der Waals surface area contributed by atoms with Crippen molar-refractivity contribution in [3.05, 3.63) is 28.2 Å². The zero-order chi connectivity index (χ0) is 13.2. The highest BCUT2D eigenvalue weighted by Crippen LogP contribution is 2.26. The molecule has 6 heteroatoms. The minimum absolute atomic E-state index is 0.218. The lowest BCUT2D eigenvalue weighted by Gasteiger charge is -2.31. The highest BCUT2D eigenvalue weighted by molar-refractivity contribution is 6.42. The van der Waals surface area contributed by atoms with Crippen LogP contribution < -0.4 is 11.1 Å². The van der Waals surface area contributed by atoms with E-state index in [1.165, 1.54) is 0 Å². The van der Waals surface area contributed by atoms with Crippen LogP contribution in [0.15, 0.2) is 18.2 Å². The van der Waals surface area contributed by atoms with Gasteiger partial charge >= 0.3 is 0 Å². The van der Waals surface area contributed by atoms with E-state index in [1.54, 1.807) is 18.2 Å². The Hall–Kier alpha value is -0.810. The summed E-state index contributed by atoms with van der Waals surface area (Å²) in [5.41, 5.74) is 5.79. The van der Waals surface area contributed by atoms with Gasteiger partial charge in [-0.3, -0.25) is 4.79 Å². The molecule has 1 amide bonds. The van der Waals surface area contributed by atoms with Crippen LogP contribution in [-0.4, -0.2) is 24.7 Å². The van der Waals surface area contributed by atoms with Gasteiger partial charge in [-0.2, -0.15) is 0 Å². The predicted molar refractivity (Wildman–Crippen MR) is 72.1 cm³/mol. The lowest BCUT2D eigenvalue weighted by molar-refractivity contribution is -0.124. The lowest BCUT2D eigenvalue weighted by atomic mass is 9.90. The molecular weight excluding hydrogens is 275 g/mol. The number of amides is 1. The predicted octanol–water partition coefficient (Wildman–Crippen LogP) is 2.44. The molecule has 0 saturated carbocycles. The summed E-state index contributed by atoms with van der Waals surface area (Å²) in [5, 5.41) is 3.60. The van der Waals surface area contributed by atoms with Gasteiger partial charge in [0.15, 0.2) is 0 Å². The van der Waals surface area contributed by atoms with Gasteiger partial charge in [0.2, 0.25) is 5.91 Å². The van der Waals surface area contributed by atoms with E-state index in [9.17, 15) is 4.79 Å². The number of nitrogens with two attached hydrogens (primary N) is 1. The molecule has 0 atom stereocenters. The van der Waals surface area contributed by atoms with Crippen molar-refractivity contribution >= 4 is 34.8 Å². The normalized spacial score (nSPS) is 18.4. The number of halogens is 2. The van der Waals surface area contributed by atoms with Gasteiger partial charge in [-0.05, 0) is 31.0 Å². The van der Waals surface area contributed by atoms with Crippen LogP contribution in [-0.2, 0) is 9.53 Å². The van der Waals surface area contributed by atoms with E-state index < -0.39 is 5.54 Å². The number of hydrogen-bond acceptors (Lipinski definition) is 3. The Labute approximate surface area is 115 Å². The van der Waals surface area contributed by atoms with E-state index in [-0.39, 0.29) is 5.91 Å². The molecular formula is C12H14Cl2N2O2. The summed E-state index contributed by atoms with van der Waals surface area (Å²) in [7, 11) is 0. The van der Waals surface area contributed by atoms with Crippen LogP contribution in [0, 0.1) is 0 Å². The first-order chi connectivity index (χ1) is 8.51. The third-order valence-corrected chi connectivity index (χ3v) is 3.75. The van der Waals surface area contributed by atoms with Crippen LogP contribution in [0.3, 0.4) is 0 Å². The summed E-state index contributed by atoms with van der Waals surface area (Å²) in [6, 6.07) is 4.92. The first-order valence-electron chi connectivity index (χ1n) is 5.64. The van der Waals surface area contributed by atoms with Gasteiger partial charge in [-0.1, -0.05) is 23.2 Å². The second-order valence-corrected chi connectivity index (χ2v) is 5.17. The number of ether oxygens (including phenoxy) is 1. The molecule has 1 aliphatic rings. The van der Waals surface area contributed by atoms with E-state index in [2.05, 4.69) is 5.32 Å².